The van der Waals surface area contributed by atoms with E-state index in [-0.39, 0.29) is 16.9 Å². The molecule has 0 saturated heterocycles. The van der Waals surface area contributed by atoms with Crippen LogP contribution in [0.5, 0.6) is 5.88 Å². The predicted octanol–water partition coefficient (Wildman–Crippen LogP) is 2.35. The van der Waals surface area contributed by atoms with E-state index >= 15 is 0 Å². The third-order valence-electron chi connectivity index (χ3n) is 1.70. The molecule has 1 aromatic rings. The minimum Gasteiger partial charge on any atom is -0.476 e. The minimum atomic E-state index is -4.28. The third-order valence-corrected chi connectivity index (χ3v) is 1.87. The molecule has 16 heavy (non-hydrogen) atoms. The quantitative estimate of drug-likeness (QED) is 0.842. The second-order valence-electron chi connectivity index (χ2n) is 3.01. The van der Waals surface area contributed by atoms with E-state index < -0.39 is 19.2 Å². The van der Waals surface area contributed by atoms with Gasteiger partial charge in [0, 0.05) is 0 Å². The Balaban J connectivity index is 2.67. The minimum absolute atomic E-state index is 0.0894. The van der Waals surface area contributed by atoms with E-state index in [1.54, 1.807) is 6.92 Å². The smallest absolute Gasteiger partial charge is 0.392 e. The van der Waals surface area contributed by atoms with Crippen LogP contribution in [0, 0.1) is 6.92 Å². The Kier molecular flexibility index (Phi) is 3.79. The van der Waals surface area contributed by atoms with Crippen molar-refractivity contribution in [2.24, 2.45) is 0 Å². The molecule has 0 spiro atoms. The average Bonchev–Trinajstić information content (AvgIpc) is 2.11. The van der Waals surface area contributed by atoms with Gasteiger partial charge in [0.1, 0.15) is 5.69 Å². The van der Waals surface area contributed by atoms with Crippen LogP contribution >= 0.6 is 11.6 Å². The molecule has 2 N–H and O–H groups in total. The average molecular weight is 256 g/mol. The molecule has 0 fully saturated rings. The van der Waals surface area contributed by atoms with Crippen LogP contribution in [0.15, 0.2) is 0 Å². The molecule has 0 aliphatic rings. The zero-order valence-electron chi connectivity index (χ0n) is 8.31. The van der Waals surface area contributed by atoms with Crippen LogP contribution in [0.2, 0.25) is 5.28 Å². The second kappa shape index (κ2) is 4.73. The highest BCUT2D eigenvalue weighted by Crippen LogP contribution is 2.24. The lowest BCUT2D eigenvalue weighted by Gasteiger charge is -2.10. The Morgan fingerprint density at radius 1 is 1.38 bits per heavy atom. The number of aromatic nitrogens is 2. The lowest BCUT2D eigenvalue weighted by molar-refractivity contribution is -0.139. The summed E-state index contributed by atoms with van der Waals surface area (Å²) in [4.78, 5) is 7.31. The van der Waals surface area contributed by atoms with Crippen LogP contribution in [0.4, 0.5) is 18.9 Å². The van der Waals surface area contributed by atoms with E-state index in [9.17, 15) is 13.2 Å². The van der Waals surface area contributed by atoms with Crippen molar-refractivity contribution in [1.82, 2.24) is 9.97 Å². The van der Waals surface area contributed by atoms with Gasteiger partial charge < -0.3 is 10.5 Å². The van der Waals surface area contributed by atoms with Crippen molar-refractivity contribution in [2.75, 3.05) is 12.3 Å². The summed E-state index contributed by atoms with van der Waals surface area (Å²) < 4.78 is 40.3. The van der Waals surface area contributed by atoms with Gasteiger partial charge >= 0.3 is 6.18 Å². The summed E-state index contributed by atoms with van der Waals surface area (Å²) in [5.74, 6) is -0.123. The van der Waals surface area contributed by atoms with Gasteiger partial charge in [-0.15, -0.1) is 0 Å². The molecule has 0 radical (unpaired) electrons. The molecule has 8 heteroatoms. The normalized spacial score (nSPS) is 11.6. The highest BCUT2D eigenvalue weighted by atomic mass is 35.5. The fraction of sp³-hybridized carbons (Fsp3) is 0.500. The summed E-state index contributed by atoms with van der Waals surface area (Å²) >= 11 is 5.51. The molecule has 1 heterocycles. The van der Waals surface area contributed by atoms with Crippen molar-refractivity contribution in [3.8, 4) is 5.88 Å². The molecular formula is C8H9ClF3N3O. The van der Waals surface area contributed by atoms with Gasteiger partial charge in [0.25, 0.3) is 0 Å². The van der Waals surface area contributed by atoms with Gasteiger partial charge in [-0.3, -0.25) is 0 Å². The van der Waals surface area contributed by atoms with Gasteiger partial charge in [0.05, 0.1) is 18.7 Å². The molecular weight excluding hydrogens is 247 g/mol. The maximum absolute atomic E-state index is 11.8. The molecule has 0 bridgehead atoms. The van der Waals surface area contributed by atoms with Crippen LogP contribution in [0.1, 0.15) is 12.1 Å². The number of anilines is 1. The van der Waals surface area contributed by atoms with Gasteiger partial charge in [-0.1, -0.05) is 0 Å². The number of nitrogen functional groups attached to an aromatic ring is 1. The molecule has 0 amide bonds. The molecule has 90 valence electrons. The largest absolute Gasteiger partial charge is 0.476 e. The third kappa shape index (κ3) is 3.73. The van der Waals surface area contributed by atoms with Crippen molar-refractivity contribution >= 4 is 17.3 Å². The summed E-state index contributed by atoms with van der Waals surface area (Å²) in [6.45, 7) is 1.000. The summed E-state index contributed by atoms with van der Waals surface area (Å²) in [5, 5.41) is -0.117. The molecule has 0 aromatic carbocycles. The summed E-state index contributed by atoms with van der Waals surface area (Å²) in [7, 11) is 0. The van der Waals surface area contributed by atoms with Crippen molar-refractivity contribution < 1.29 is 17.9 Å². The van der Waals surface area contributed by atoms with E-state index in [0.717, 1.165) is 0 Å². The molecule has 0 atom stereocenters. The number of nitrogens with zero attached hydrogens (tertiary/aromatic N) is 2. The van der Waals surface area contributed by atoms with E-state index in [1.807, 2.05) is 0 Å². The fourth-order valence-electron chi connectivity index (χ4n) is 0.896. The second-order valence-corrected chi connectivity index (χ2v) is 3.35. The Hall–Kier alpha value is -1.24. The highest BCUT2D eigenvalue weighted by Gasteiger charge is 2.27. The predicted molar refractivity (Wildman–Crippen MR) is 52.4 cm³/mol. The van der Waals surface area contributed by atoms with Crippen LogP contribution in [-0.2, 0) is 0 Å². The maximum Gasteiger partial charge on any atom is 0.392 e. The first-order valence-electron chi connectivity index (χ1n) is 4.29. The van der Waals surface area contributed by atoms with Crippen molar-refractivity contribution in [3.63, 3.8) is 0 Å². The van der Waals surface area contributed by atoms with Crippen molar-refractivity contribution in [3.05, 3.63) is 11.0 Å². The van der Waals surface area contributed by atoms with E-state index in [1.165, 1.54) is 0 Å². The zero-order valence-corrected chi connectivity index (χ0v) is 9.06. The maximum atomic E-state index is 11.8. The number of halogens is 4. The number of hydrogen-bond acceptors (Lipinski definition) is 4. The lowest BCUT2D eigenvalue weighted by Crippen LogP contribution is -2.14. The van der Waals surface area contributed by atoms with Crippen LogP contribution in [-0.4, -0.2) is 22.8 Å². The molecule has 0 aliphatic heterocycles. The number of ether oxygens (including phenoxy) is 1. The van der Waals surface area contributed by atoms with Gasteiger partial charge in [-0.25, -0.2) is 4.98 Å². The molecule has 0 unspecified atom stereocenters. The SMILES string of the molecule is Cc1nc(Cl)nc(OCCC(F)(F)F)c1N. The first kappa shape index (κ1) is 12.8. The van der Waals surface area contributed by atoms with Crippen LogP contribution < -0.4 is 10.5 Å². The number of rotatable bonds is 3. The Morgan fingerprint density at radius 2 is 2.00 bits per heavy atom. The molecule has 0 saturated carbocycles. The number of aryl methyl sites for hydroxylation is 1. The Bertz CT molecular complexity index is 384. The number of hydrogen-bond donors (Lipinski definition) is 1. The standard InChI is InChI=1S/C8H9ClF3N3O/c1-4-5(13)6(15-7(9)14-4)16-3-2-8(10,11)12/h2-3,13H2,1H3. The summed E-state index contributed by atoms with van der Waals surface area (Å²) in [6.07, 6.45) is -5.35. The molecule has 0 aliphatic carbocycles. The van der Waals surface area contributed by atoms with Gasteiger partial charge in [0.2, 0.25) is 11.2 Å². The highest BCUT2D eigenvalue weighted by molar-refractivity contribution is 6.28. The zero-order chi connectivity index (χ0) is 12.3. The topological polar surface area (TPSA) is 61.0 Å². The van der Waals surface area contributed by atoms with E-state index in [2.05, 4.69) is 9.97 Å². The van der Waals surface area contributed by atoms with Crippen molar-refractivity contribution in [2.45, 2.75) is 19.5 Å². The first-order chi connectivity index (χ1) is 7.29. The Labute approximate surface area is 94.6 Å². The van der Waals surface area contributed by atoms with E-state index in [0.29, 0.717) is 5.69 Å². The molecule has 1 aromatic heterocycles. The fourth-order valence-corrected chi connectivity index (χ4v) is 1.10. The monoisotopic (exact) mass is 255 g/mol. The lowest BCUT2D eigenvalue weighted by atomic mass is 10.4. The van der Waals surface area contributed by atoms with Crippen LogP contribution in [0.25, 0.3) is 0 Å². The molecule has 4 nitrogen and oxygen atoms in total. The van der Waals surface area contributed by atoms with Crippen molar-refractivity contribution in [1.29, 1.82) is 0 Å². The van der Waals surface area contributed by atoms with Gasteiger partial charge in [0.15, 0.2) is 0 Å². The van der Waals surface area contributed by atoms with Crippen LogP contribution in [0.3, 0.4) is 0 Å². The Morgan fingerprint density at radius 3 is 2.56 bits per heavy atom. The molecule has 1 rings (SSSR count). The number of alkyl halides is 3. The number of nitrogens with two attached hydrogens (primary N) is 1. The van der Waals surface area contributed by atoms with Gasteiger partial charge in [-0.2, -0.15) is 18.2 Å². The van der Waals surface area contributed by atoms with Gasteiger partial charge in [-0.05, 0) is 18.5 Å². The first-order valence-corrected chi connectivity index (χ1v) is 4.66. The summed E-state index contributed by atoms with van der Waals surface area (Å²) in [5.41, 5.74) is 5.96. The van der Waals surface area contributed by atoms with E-state index in [4.69, 9.17) is 22.1 Å². The summed E-state index contributed by atoms with van der Waals surface area (Å²) in [6, 6.07) is 0.